The maximum atomic E-state index is 9.55. The molecule has 0 radical (unpaired) electrons. The molecular formula is C18H22N6. The van der Waals surface area contributed by atoms with Gasteiger partial charge in [-0.1, -0.05) is 13.8 Å². The molecule has 124 valence electrons. The van der Waals surface area contributed by atoms with E-state index in [0.29, 0.717) is 17.4 Å². The van der Waals surface area contributed by atoms with E-state index in [-0.39, 0.29) is 11.2 Å². The number of pyridine rings is 1. The van der Waals surface area contributed by atoms with Crippen LogP contribution in [0.4, 0.5) is 11.8 Å². The van der Waals surface area contributed by atoms with E-state index in [9.17, 15) is 5.26 Å². The molecule has 1 atom stereocenters. The first-order valence-electron chi connectivity index (χ1n) is 8.15. The highest BCUT2D eigenvalue weighted by Crippen LogP contribution is 2.59. The van der Waals surface area contributed by atoms with E-state index in [0.717, 1.165) is 35.3 Å². The van der Waals surface area contributed by atoms with E-state index in [1.165, 1.54) is 0 Å². The number of aromatic nitrogens is 3. The van der Waals surface area contributed by atoms with Crippen molar-refractivity contribution in [3.8, 4) is 17.2 Å². The van der Waals surface area contributed by atoms with Gasteiger partial charge in [-0.15, -0.1) is 0 Å². The molecule has 1 unspecified atom stereocenters. The maximum Gasteiger partial charge on any atom is 0.222 e. The average Bonchev–Trinajstić information content (AvgIpc) is 3.18. The van der Waals surface area contributed by atoms with Crippen LogP contribution < -0.4 is 11.1 Å². The van der Waals surface area contributed by atoms with Crippen LogP contribution in [-0.4, -0.2) is 21.5 Å². The number of nitrogens with one attached hydrogen (secondary N) is 1. The normalized spacial score (nSPS) is 18.0. The highest BCUT2D eigenvalue weighted by Gasteiger charge is 2.48. The van der Waals surface area contributed by atoms with Crippen LogP contribution in [0, 0.1) is 23.7 Å². The Labute approximate surface area is 142 Å². The fourth-order valence-corrected chi connectivity index (χ4v) is 3.17. The number of nitriles is 1. The highest BCUT2D eigenvalue weighted by molar-refractivity contribution is 5.78. The predicted octanol–water partition coefficient (Wildman–Crippen LogP) is 3.25. The van der Waals surface area contributed by atoms with E-state index in [2.05, 4.69) is 40.2 Å². The Morgan fingerprint density at radius 2 is 2.00 bits per heavy atom. The maximum absolute atomic E-state index is 9.55. The molecule has 0 spiro atoms. The zero-order chi connectivity index (χ0) is 17.5. The summed E-state index contributed by atoms with van der Waals surface area (Å²) in [6.07, 6.45) is 4.55. The molecule has 1 fully saturated rings. The molecule has 0 amide bonds. The Hall–Kier alpha value is -2.68. The lowest BCUT2D eigenvalue weighted by Gasteiger charge is -2.15. The van der Waals surface area contributed by atoms with Gasteiger partial charge in [-0.2, -0.15) is 5.26 Å². The van der Waals surface area contributed by atoms with Gasteiger partial charge in [-0.3, -0.25) is 0 Å². The van der Waals surface area contributed by atoms with E-state index in [1.54, 1.807) is 12.4 Å². The third-order valence-electron chi connectivity index (χ3n) is 4.74. The Morgan fingerprint density at radius 3 is 2.50 bits per heavy atom. The van der Waals surface area contributed by atoms with Crippen LogP contribution in [0.1, 0.15) is 49.9 Å². The number of hydrogen-bond donors (Lipinski definition) is 2. The summed E-state index contributed by atoms with van der Waals surface area (Å²) in [6, 6.07) is 2.19. The molecule has 6 heteroatoms. The summed E-state index contributed by atoms with van der Waals surface area (Å²) in [7, 11) is 0. The second kappa shape index (κ2) is 5.75. The van der Waals surface area contributed by atoms with Crippen molar-refractivity contribution in [1.29, 1.82) is 5.26 Å². The summed E-state index contributed by atoms with van der Waals surface area (Å²) in [5, 5.41) is 12.6. The van der Waals surface area contributed by atoms with E-state index >= 15 is 0 Å². The molecule has 24 heavy (non-hydrogen) atoms. The van der Waals surface area contributed by atoms with Crippen molar-refractivity contribution in [2.24, 2.45) is 5.41 Å². The van der Waals surface area contributed by atoms with Gasteiger partial charge >= 0.3 is 0 Å². The second-order valence-electron chi connectivity index (χ2n) is 6.94. The largest absolute Gasteiger partial charge is 0.383 e. The Morgan fingerprint density at radius 1 is 1.38 bits per heavy atom. The fourth-order valence-electron chi connectivity index (χ4n) is 3.17. The number of nitrogen functional groups attached to an aromatic ring is 1. The molecule has 0 aliphatic heterocycles. The number of nitrogens with two attached hydrogens (primary N) is 1. The smallest absolute Gasteiger partial charge is 0.222 e. The van der Waals surface area contributed by atoms with E-state index in [4.69, 9.17) is 5.73 Å². The first-order chi connectivity index (χ1) is 11.4. The molecule has 1 saturated carbocycles. The van der Waals surface area contributed by atoms with Gasteiger partial charge < -0.3 is 11.1 Å². The predicted molar refractivity (Wildman–Crippen MR) is 94.4 cm³/mol. The summed E-state index contributed by atoms with van der Waals surface area (Å²) < 4.78 is 0. The van der Waals surface area contributed by atoms with Crippen LogP contribution in [0.3, 0.4) is 0 Å². The van der Waals surface area contributed by atoms with Gasteiger partial charge in [0.1, 0.15) is 17.5 Å². The SMILES string of the molecule is CCNc1ncc(-c2c(C)c(C3CC3(C)C)nc(N)c2C#N)cn1. The third kappa shape index (κ3) is 2.67. The standard InChI is InChI=1S/C18H22N6/c1-5-21-17-22-8-11(9-23-17)14-10(2)15(13-6-18(13,3)4)24-16(20)12(14)7-19/h8-9,13H,5-6H2,1-4H3,(H2,20,24)(H,21,22,23). The summed E-state index contributed by atoms with van der Waals surface area (Å²) in [5.74, 6) is 1.24. The Kier molecular flexibility index (Phi) is 3.88. The van der Waals surface area contributed by atoms with Gasteiger partial charge in [-0.05, 0) is 31.2 Å². The molecule has 3 rings (SSSR count). The Balaban J connectivity index is 2.13. The van der Waals surface area contributed by atoms with Crippen LogP contribution >= 0.6 is 0 Å². The van der Waals surface area contributed by atoms with Gasteiger partial charge in [0.05, 0.1) is 5.69 Å². The van der Waals surface area contributed by atoms with Crippen molar-refractivity contribution in [3.05, 3.63) is 29.2 Å². The van der Waals surface area contributed by atoms with Crippen LogP contribution in [-0.2, 0) is 0 Å². The number of rotatable bonds is 4. The topological polar surface area (TPSA) is 101 Å². The van der Waals surface area contributed by atoms with E-state index in [1.807, 2.05) is 13.8 Å². The minimum Gasteiger partial charge on any atom is -0.383 e. The van der Waals surface area contributed by atoms with Crippen LogP contribution in [0.15, 0.2) is 12.4 Å². The molecule has 3 N–H and O–H groups in total. The monoisotopic (exact) mass is 322 g/mol. The summed E-state index contributed by atoms with van der Waals surface area (Å²) >= 11 is 0. The van der Waals surface area contributed by atoms with Crippen LogP contribution in [0.2, 0.25) is 0 Å². The van der Waals surface area contributed by atoms with Crippen molar-refractivity contribution in [3.63, 3.8) is 0 Å². The molecule has 0 saturated heterocycles. The molecule has 0 bridgehead atoms. The van der Waals surface area contributed by atoms with Gasteiger partial charge in [0.15, 0.2) is 0 Å². The molecule has 1 aliphatic carbocycles. The first-order valence-corrected chi connectivity index (χ1v) is 8.15. The van der Waals surface area contributed by atoms with Gasteiger partial charge in [-0.25, -0.2) is 15.0 Å². The highest BCUT2D eigenvalue weighted by atomic mass is 15.1. The summed E-state index contributed by atoms with van der Waals surface area (Å²) in [6.45, 7) is 9.19. The number of anilines is 2. The molecule has 2 heterocycles. The first kappa shape index (κ1) is 16.2. The number of hydrogen-bond acceptors (Lipinski definition) is 6. The zero-order valence-corrected chi connectivity index (χ0v) is 14.5. The van der Waals surface area contributed by atoms with Gasteiger partial charge in [0.25, 0.3) is 0 Å². The van der Waals surface area contributed by atoms with Crippen molar-refractivity contribution in [1.82, 2.24) is 15.0 Å². The minimum atomic E-state index is 0.237. The molecule has 0 aromatic carbocycles. The minimum absolute atomic E-state index is 0.237. The number of nitrogens with zero attached hydrogens (tertiary/aromatic N) is 4. The lowest BCUT2D eigenvalue weighted by atomic mass is 9.94. The van der Waals surface area contributed by atoms with Crippen LogP contribution in [0.5, 0.6) is 0 Å². The Bertz CT molecular complexity index is 817. The third-order valence-corrected chi connectivity index (χ3v) is 4.74. The molecule has 6 nitrogen and oxygen atoms in total. The lowest BCUT2D eigenvalue weighted by Crippen LogP contribution is -2.07. The van der Waals surface area contributed by atoms with Crippen molar-refractivity contribution < 1.29 is 0 Å². The van der Waals surface area contributed by atoms with Gasteiger partial charge in [0, 0.05) is 36.0 Å². The van der Waals surface area contributed by atoms with Crippen molar-refractivity contribution in [2.75, 3.05) is 17.6 Å². The van der Waals surface area contributed by atoms with Crippen molar-refractivity contribution in [2.45, 2.75) is 40.0 Å². The zero-order valence-electron chi connectivity index (χ0n) is 14.5. The van der Waals surface area contributed by atoms with Crippen molar-refractivity contribution >= 4 is 11.8 Å². The summed E-state index contributed by atoms with van der Waals surface area (Å²) in [5.41, 5.74) is 10.3. The average molecular weight is 322 g/mol. The molecular weight excluding hydrogens is 300 g/mol. The lowest BCUT2D eigenvalue weighted by molar-refractivity contribution is 0.615. The fraction of sp³-hybridized carbons (Fsp3) is 0.444. The summed E-state index contributed by atoms with van der Waals surface area (Å²) in [4.78, 5) is 13.2. The van der Waals surface area contributed by atoms with E-state index < -0.39 is 0 Å². The molecule has 1 aliphatic rings. The molecule has 2 aromatic heterocycles. The molecule has 2 aromatic rings. The van der Waals surface area contributed by atoms with Gasteiger partial charge in [0.2, 0.25) is 5.95 Å². The quantitative estimate of drug-likeness (QED) is 0.896. The second-order valence-corrected chi connectivity index (χ2v) is 6.94. The van der Waals surface area contributed by atoms with Crippen LogP contribution in [0.25, 0.3) is 11.1 Å².